The molecular formula is C24H28FN3OS. The molecule has 0 fully saturated rings. The molecule has 0 bridgehead atoms. The van der Waals surface area contributed by atoms with Gasteiger partial charge in [-0.15, -0.1) is 11.8 Å². The molecule has 1 N–H and O–H groups in total. The maximum Gasteiger partial charge on any atom is 0.233 e. The van der Waals surface area contributed by atoms with Crippen LogP contribution in [0, 0.1) is 12.7 Å². The van der Waals surface area contributed by atoms with Crippen LogP contribution >= 0.6 is 11.8 Å². The highest BCUT2D eigenvalue weighted by Gasteiger charge is 2.32. The molecule has 2 unspecified atom stereocenters. The van der Waals surface area contributed by atoms with Crippen LogP contribution in [0.4, 0.5) is 4.39 Å². The molecule has 2 atom stereocenters. The molecule has 0 aliphatic heterocycles. The summed E-state index contributed by atoms with van der Waals surface area (Å²) in [6.45, 7) is 6.50. The normalized spacial score (nSPS) is 14.2. The number of nitrogens with zero attached hydrogens (tertiary/aromatic N) is 2. The van der Waals surface area contributed by atoms with Crippen LogP contribution in [0.1, 0.15) is 37.1 Å². The summed E-state index contributed by atoms with van der Waals surface area (Å²) in [7, 11) is 1.93. The third kappa shape index (κ3) is 5.11. The van der Waals surface area contributed by atoms with Crippen LogP contribution in [0.5, 0.6) is 0 Å². The SMILES string of the molecule is Cc1cccc(SC(C)C(=O)NCCC(C)(c2cccc(F)c2)c2cncn2C)c1. The molecule has 3 aromatic rings. The topological polar surface area (TPSA) is 46.9 Å². The molecule has 0 saturated carbocycles. The zero-order valence-corrected chi connectivity index (χ0v) is 18.7. The first-order valence-corrected chi connectivity index (χ1v) is 10.9. The summed E-state index contributed by atoms with van der Waals surface area (Å²) in [5.74, 6) is -0.277. The molecule has 30 heavy (non-hydrogen) atoms. The molecule has 0 spiro atoms. The van der Waals surface area contributed by atoms with E-state index in [1.54, 1.807) is 30.2 Å². The standard InChI is InChI=1S/C24H28FN3OS/c1-17-7-5-10-21(13-17)30-18(2)23(29)27-12-11-24(3,22-15-26-16-28(22)4)19-8-6-9-20(25)14-19/h5-10,13-16,18H,11-12H2,1-4H3,(H,27,29). The summed E-state index contributed by atoms with van der Waals surface area (Å²) in [6.07, 6.45) is 4.18. The third-order valence-corrected chi connectivity index (χ3v) is 6.53. The Balaban J connectivity index is 1.69. The fraction of sp³-hybridized carbons (Fsp3) is 0.333. The molecule has 1 aromatic heterocycles. The molecule has 2 aromatic carbocycles. The van der Waals surface area contributed by atoms with Crippen molar-refractivity contribution in [3.63, 3.8) is 0 Å². The lowest BCUT2D eigenvalue weighted by Gasteiger charge is -2.31. The summed E-state index contributed by atoms with van der Waals surface area (Å²) >= 11 is 1.55. The van der Waals surface area contributed by atoms with Gasteiger partial charge >= 0.3 is 0 Å². The maximum absolute atomic E-state index is 13.9. The van der Waals surface area contributed by atoms with Crippen molar-refractivity contribution in [2.45, 2.75) is 42.8 Å². The Labute approximate surface area is 181 Å². The van der Waals surface area contributed by atoms with Crippen molar-refractivity contribution in [3.8, 4) is 0 Å². The Hall–Kier alpha value is -2.60. The summed E-state index contributed by atoms with van der Waals surface area (Å²) < 4.78 is 15.9. The van der Waals surface area contributed by atoms with E-state index in [4.69, 9.17) is 0 Å². The van der Waals surface area contributed by atoms with Crippen molar-refractivity contribution in [1.82, 2.24) is 14.9 Å². The first-order chi connectivity index (χ1) is 14.3. The predicted molar refractivity (Wildman–Crippen MR) is 120 cm³/mol. The minimum atomic E-state index is -0.479. The monoisotopic (exact) mass is 425 g/mol. The zero-order chi connectivity index (χ0) is 21.7. The van der Waals surface area contributed by atoms with Crippen molar-refractivity contribution in [2.75, 3.05) is 6.54 Å². The lowest BCUT2D eigenvalue weighted by molar-refractivity contribution is -0.120. The van der Waals surface area contributed by atoms with Gasteiger partial charge in [-0.2, -0.15) is 0 Å². The van der Waals surface area contributed by atoms with Crippen LogP contribution in [-0.4, -0.2) is 27.3 Å². The van der Waals surface area contributed by atoms with Crippen molar-refractivity contribution in [3.05, 3.63) is 83.7 Å². The lowest BCUT2D eigenvalue weighted by Crippen LogP contribution is -2.36. The van der Waals surface area contributed by atoms with Gasteiger partial charge in [0, 0.05) is 35.8 Å². The molecule has 6 heteroatoms. The number of benzene rings is 2. The van der Waals surface area contributed by atoms with Gasteiger partial charge in [0.2, 0.25) is 5.91 Å². The van der Waals surface area contributed by atoms with Gasteiger partial charge in [-0.1, -0.05) is 29.8 Å². The Bertz CT molecular complexity index is 1020. The molecule has 0 radical (unpaired) electrons. The highest BCUT2D eigenvalue weighted by molar-refractivity contribution is 8.00. The highest BCUT2D eigenvalue weighted by Crippen LogP contribution is 2.35. The van der Waals surface area contributed by atoms with E-state index in [1.165, 1.54) is 11.6 Å². The van der Waals surface area contributed by atoms with Crippen molar-refractivity contribution >= 4 is 17.7 Å². The number of carbonyl (C=O) groups is 1. The number of amides is 1. The van der Waals surface area contributed by atoms with Crippen LogP contribution in [0.2, 0.25) is 0 Å². The van der Waals surface area contributed by atoms with E-state index >= 15 is 0 Å². The van der Waals surface area contributed by atoms with E-state index in [2.05, 4.69) is 23.3 Å². The van der Waals surface area contributed by atoms with E-state index in [9.17, 15) is 9.18 Å². The molecule has 0 aliphatic carbocycles. The molecule has 0 aliphatic rings. The number of carbonyl (C=O) groups excluding carboxylic acids is 1. The maximum atomic E-state index is 13.9. The summed E-state index contributed by atoms with van der Waals surface area (Å²) in [6, 6.07) is 14.8. The Kier molecular flexibility index (Phi) is 6.98. The first-order valence-electron chi connectivity index (χ1n) is 10.0. The zero-order valence-electron chi connectivity index (χ0n) is 17.9. The number of nitrogens with one attached hydrogen (secondary N) is 1. The van der Waals surface area contributed by atoms with Crippen molar-refractivity contribution < 1.29 is 9.18 Å². The Morgan fingerprint density at radius 1 is 1.27 bits per heavy atom. The third-order valence-electron chi connectivity index (χ3n) is 5.44. The summed E-state index contributed by atoms with van der Waals surface area (Å²) in [5, 5.41) is 2.85. The number of hydrogen-bond donors (Lipinski definition) is 1. The largest absolute Gasteiger partial charge is 0.355 e. The molecule has 1 amide bonds. The molecular weight excluding hydrogens is 397 g/mol. The van der Waals surface area contributed by atoms with Crippen LogP contribution in [0.3, 0.4) is 0 Å². The molecule has 0 saturated heterocycles. The smallest absolute Gasteiger partial charge is 0.233 e. The second kappa shape index (κ2) is 9.47. The van der Waals surface area contributed by atoms with E-state index in [-0.39, 0.29) is 17.0 Å². The predicted octanol–water partition coefficient (Wildman–Crippen LogP) is 4.86. The van der Waals surface area contributed by atoms with E-state index < -0.39 is 5.41 Å². The number of imidazole rings is 1. The first kappa shape index (κ1) is 22.1. The number of hydrogen-bond acceptors (Lipinski definition) is 3. The van der Waals surface area contributed by atoms with Gasteiger partial charge in [0.25, 0.3) is 0 Å². The van der Waals surface area contributed by atoms with Crippen LogP contribution in [0.15, 0.2) is 66.0 Å². The summed E-state index contributed by atoms with van der Waals surface area (Å²) in [4.78, 5) is 18.0. The van der Waals surface area contributed by atoms with Crippen LogP contribution in [0.25, 0.3) is 0 Å². The minimum absolute atomic E-state index is 0.00638. The van der Waals surface area contributed by atoms with Gasteiger partial charge < -0.3 is 9.88 Å². The average Bonchev–Trinajstić information content (AvgIpc) is 3.14. The van der Waals surface area contributed by atoms with Gasteiger partial charge in [0.15, 0.2) is 0 Å². The molecule has 3 rings (SSSR count). The molecule has 158 valence electrons. The Morgan fingerprint density at radius 2 is 2.03 bits per heavy atom. The second-order valence-electron chi connectivity index (χ2n) is 7.85. The number of aryl methyl sites for hydroxylation is 2. The van der Waals surface area contributed by atoms with E-state index in [0.29, 0.717) is 13.0 Å². The molecule has 4 nitrogen and oxygen atoms in total. The fourth-order valence-electron chi connectivity index (χ4n) is 3.67. The van der Waals surface area contributed by atoms with Gasteiger partial charge in [0.05, 0.1) is 11.6 Å². The number of halogens is 1. The molecule has 1 heterocycles. The lowest BCUT2D eigenvalue weighted by atomic mass is 9.76. The van der Waals surface area contributed by atoms with Crippen LogP contribution in [-0.2, 0) is 17.3 Å². The van der Waals surface area contributed by atoms with Crippen molar-refractivity contribution in [1.29, 1.82) is 0 Å². The van der Waals surface area contributed by atoms with Gasteiger partial charge in [0.1, 0.15) is 5.82 Å². The van der Waals surface area contributed by atoms with Gasteiger partial charge in [-0.05, 0) is 57.0 Å². The second-order valence-corrected chi connectivity index (χ2v) is 9.26. The van der Waals surface area contributed by atoms with Gasteiger partial charge in [-0.25, -0.2) is 9.37 Å². The van der Waals surface area contributed by atoms with Gasteiger partial charge in [-0.3, -0.25) is 4.79 Å². The van der Waals surface area contributed by atoms with Crippen LogP contribution < -0.4 is 5.32 Å². The van der Waals surface area contributed by atoms with E-state index in [1.807, 2.05) is 55.9 Å². The number of rotatable bonds is 8. The van der Waals surface area contributed by atoms with Crippen molar-refractivity contribution in [2.24, 2.45) is 7.05 Å². The number of aromatic nitrogens is 2. The summed E-state index contributed by atoms with van der Waals surface area (Å²) in [5.41, 5.74) is 2.54. The Morgan fingerprint density at radius 3 is 2.70 bits per heavy atom. The fourth-order valence-corrected chi connectivity index (χ4v) is 4.68. The number of thioether (sulfide) groups is 1. The minimum Gasteiger partial charge on any atom is -0.355 e. The highest BCUT2D eigenvalue weighted by atomic mass is 32.2. The average molecular weight is 426 g/mol. The quantitative estimate of drug-likeness (QED) is 0.524. The van der Waals surface area contributed by atoms with E-state index in [0.717, 1.165) is 16.2 Å².